The standard InChI is InChI=1S/C20H17NO3/c1-23-20(22)18-12-16-14(7-8-17(16)21-18)10-13-4-2-5-15(11-13)19-6-3-9-24-19/h2-6,9-12,21H,7-8H2,1H3. The van der Waals surface area contributed by atoms with E-state index in [-0.39, 0.29) is 5.97 Å². The summed E-state index contributed by atoms with van der Waals surface area (Å²) in [6.07, 6.45) is 5.73. The number of carbonyl (C=O) groups excluding carboxylic acids is 1. The highest BCUT2D eigenvalue weighted by atomic mass is 16.5. The molecule has 1 N–H and O–H groups in total. The molecule has 0 aliphatic heterocycles. The molecule has 0 bridgehead atoms. The van der Waals surface area contributed by atoms with Crippen LogP contribution in [0.15, 0.2) is 53.1 Å². The van der Waals surface area contributed by atoms with Crippen LogP contribution in [0, 0.1) is 0 Å². The molecule has 0 radical (unpaired) electrons. The van der Waals surface area contributed by atoms with Crippen LogP contribution in [0.25, 0.3) is 23.0 Å². The smallest absolute Gasteiger partial charge is 0.354 e. The molecule has 0 fully saturated rings. The molecule has 0 saturated heterocycles. The van der Waals surface area contributed by atoms with Gasteiger partial charge in [0, 0.05) is 11.3 Å². The third kappa shape index (κ3) is 2.56. The first-order valence-corrected chi connectivity index (χ1v) is 7.89. The van der Waals surface area contributed by atoms with Crippen LogP contribution in [-0.4, -0.2) is 18.1 Å². The van der Waals surface area contributed by atoms with Crippen molar-refractivity contribution in [1.29, 1.82) is 0 Å². The van der Waals surface area contributed by atoms with E-state index in [1.165, 1.54) is 12.7 Å². The van der Waals surface area contributed by atoms with Crippen molar-refractivity contribution in [3.8, 4) is 11.3 Å². The zero-order valence-electron chi connectivity index (χ0n) is 13.3. The third-order valence-electron chi connectivity index (χ3n) is 4.33. The first kappa shape index (κ1) is 14.6. The zero-order chi connectivity index (χ0) is 16.5. The Kier molecular flexibility index (Phi) is 3.58. The van der Waals surface area contributed by atoms with E-state index in [9.17, 15) is 4.79 Å². The number of allylic oxidation sites excluding steroid dienone is 1. The zero-order valence-corrected chi connectivity index (χ0v) is 13.3. The maximum absolute atomic E-state index is 11.7. The number of rotatable bonds is 3. The number of hydrogen-bond acceptors (Lipinski definition) is 3. The monoisotopic (exact) mass is 319 g/mol. The lowest BCUT2D eigenvalue weighted by molar-refractivity contribution is 0.0594. The van der Waals surface area contributed by atoms with E-state index >= 15 is 0 Å². The molecule has 24 heavy (non-hydrogen) atoms. The summed E-state index contributed by atoms with van der Waals surface area (Å²) in [7, 11) is 1.39. The van der Waals surface area contributed by atoms with E-state index < -0.39 is 0 Å². The van der Waals surface area contributed by atoms with Gasteiger partial charge in [-0.3, -0.25) is 0 Å². The fourth-order valence-corrected chi connectivity index (χ4v) is 3.17. The molecule has 1 aliphatic rings. The minimum absolute atomic E-state index is 0.330. The number of furan rings is 1. The van der Waals surface area contributed by atoms with Crippen molar-refractivity contribution < 1.29 is 13.9 Å². The van der Waals surface area contributed by atoms with Gasteiger partial charge in [-0.2, -0.15) is 0 Å². The van der Waals surface area contributed by atoms with Crippen molar-refractivity contribution in [3.63, 3.8) is 0 Å². The number of aromatic nitrogens is 1. The Hall–Kier alpha value is -3.01. The Bertz CT molecular complexity index is 916. The summed E-state index contributed by atoms with van der Waals surface area (Å²) in [5.74, 6) is 0.528. The van der Waals surface area contributed by atoms with E-state index in [1.54, 1.807) is 6.26 Å². The molecular formula is C20H17NO3. The maximum Gasteiger partial charge on any atom is 0.354 e. The molecule has 1 aromatic carbocycles. The number of ether oxygens (including phenoxy) is 1. The van der Waals surface area contributed by atoms with E-state index in [0.29, 0.717) is 5.69 Å². The Labute approximate surface area is 139 Å². The lowest BCUT2D eigenvalue weighted by atomic mass is 10.0. The van der Waals surface area contributed by atoms with Crippen LogP contribution >= 0.6 is 0 Å². The van der Waals surface area contributed by atoms with Gasteiger partial charge >= 0.3 is 5.97 Å². The van der Waals surface area contributed by atoms with Gasteiger partial charge in [-0.15, -0.1) is 0 Å². The van der Waals surface area contributed by atoms with Crippen molar-refractivity contribution in [3.05, 3.63) is 71.2 Å². The summed E-state index contributed by atoms with van der Waals surface area (Å²) < 4.78 is 10.2. The van der Waals surface area contributed by atoms with Crippen molar-refractivity contribution in [1.82, 2.24) is 4.98 Å². The Balaban J connectivity index is 1.68. The van der Waals surface area contributed by atoms with Gasteiger partial charge in [0.05, 0.1) is 13.4 Å². The number of hydrogen-bond donors (Lipinski definition) is 1. The topological polar surface area (TPSA) is 55.2 Å². The SMILES string of the molecule is COC(=O)c1cc2c([nH]1)CCC2=Cc1cccc(-c2ccco2)c1. The number of benzene rings is 1. The van der Waals surface area contributed by atoms with Gasteiger partial charge in [-0.25, -0.2) is 4.79 Å². The molecule has 0 spiro atoms. The van der Waals surface area contributed by atoms with Crippen LogP contribution in [0.4, 0.5) is 0 Å². The molecule has 120 valence electrons. The van der Waals surface area contributed by atoms with Crippen LogP contribution in [-0.2, 0) is 11.2 Å². The number of carbonyl (C=O) groups is 1. The predicted octanol–water partition coefficient (Wildman–Crippen LogP) is 4.55. The molecule has 4 heteroatoms. The van der Waals surface area contributed by atoms with Gasteiger partial charge in [0.1, 0.15) is 11.5 Å². The molecule has 4 rings (SSSR count). The van der Waals surface area contributed by atoms with Gasteiger partial charge in [-0.1, -0.05) is 24.3 Å². The van der Waals surface area contributed by atoms with Crippen molar-refractivity contribution in [2.45, 2.75) is 12.8 Å². The molecule has 2 heterocycles. The van der Waals surface area contributed by atoms with Gasteiger partial charge in [0.25, 0.3) is 0 Å². The van der Waals surface area contributed by atoms with Crippen LogP contribution in [0.5, 0.6) is 0 Å². The predicted molar refractivity (Wildman–Crippen MR) is 92.5 cm³/mol. The Morgan fingerprint density at radius 2 is 2.12 bits per heavy atom. The lowest BCUT2D eigenvalue weighted by Gasteiger charge is -2.02. The summed E-state index contributed by atoms with van der Waals surface area (Å²) in [6.45, 7) is 0. The molecule has 0 saturated carbocycles. The number of nitrogens with one attached hydrogen (secondary N) is 1. The fourth-order valence-electron chi connectivity index (χ4n) is 3.17. The number of esters is 1. The maximum atomic E-state index is 11.7. The number of aromatic amines is 1. The van der Waals surface area contributed by atoms with Crippen molar-refractivity contribution >= 4 is 17.6 Å². The van der Waals surface area contributed by atoms with Crippen LogP contribution in [0.3, 0.4) is 0 Å². The average Bonchev–Trinajstić information content (AvgIpc) is 3.33. The number of aryl methyl sites for hydroxylation is 1. The average molecular weight is 319 g/mol. The van der Waals surface area contributed by atoms with Gasteiger partial charge in [-0.05, 0) is 53.8 Å². The molecule has 2 aromatic heterocycles. The molecule has 4 nitrogen and oxygen atoms in total. The van der Waals surface area contributed by atoms with E-state index in [1.807, 2.05) is 30.3 Å². The van der Waals surface area contributed by atoms with Gasteiger partial charge in [0.15, 0.2) is 0 Å². The number of methoxy groups -OCH3 is 1. The summed E-state index contributed by atoms with van der Waals surface area (Å²) in [6, 6.07) is 14.0. The normalized spacial score (nSPS) is 14.8. The second kappa shape index (κ2) is 5.89. The molecule has 0 amide bonds. The Morgan fingerprint density at radius 3 is 2.92 bits per heavy atom. The van der Waals surface area contributed by atoms with Gasteiger partial charge < -0.3 is 14.1 Å². The molecule has 1 aliphatic carbocycles. The first-order chi connectivity index (χ1) is 11.7. The summed E-state index contributed by atoms with van der Waals surface area (Å²) >= 11 is 0. The summed E-state index contributed by atoms with van der Waals surface area (Å²) in [5.41, 5.74) is 6.12. The van der Waals surface area contributed by atoms with E-state index in [4.69, 9.17) is 9.15 Å². The minimum Gasteiger partial charge on any atom is -0.464 e. The largest absolute Gasteiger partial charge is 0.464 e. The summed E-state index contributed by atoms with van der Waals surface area (Å²) in [5, 5.41) is 0. The fraction of sp³-hybridized carbons (Fsp3) is 0.150. The number of H-pyrrole nitrogens is 1. The second-order valence-corrected chi connectivity index (χ2v) is 5.84. The van der Waals surface area contributed by atoms with E-state index in [2.05, 4.69) is 23.2 Å². The third-order valence-corrected chi connectivity index (χ3v) is 4.33. The molecule has 0 atom stereocenters. The highest BCUT2D eigenvalue weighted by Gasteiger charge is 2.22. The lowest BCUT2D eigenvalue weighted by Crippen LogP contribution is -2.01. The van der Waals surface area contributed by atoms with Crippen LogP contribution < -0.4 is 0 Å². The molecular weight excluding hydrogens is 302 g/mol. The minimum atomic E-state index is -0.330. The quantitative estimate of drug-likeness (QED) is 0.721. The van der Waals surface area contributed by atoms with Crippen molar-refractivity contribution in [2.24, 2.45) is 0 Å². The van der Waals surface area contributed by atoms with Crippen LogP contribution in [0.2, 0.25) is 0 Å². The molecule has 0 unspecified atom stereocenters. The van der Waals surface area contributed by atoms with E-state index in [0.717, 1.165) is 41.0 Å². The first-order valence-electron chi connectivity index (χ1n) is 7.89. The highest BCUT2D eigenvalue weighted by molar-refractivity contribution is 5.92. The second-order valence-electron chi connectivity index (χ2n) is 5.84. The van der Waals surface area contributed by atoms with Crippen molar-refractivity contribution in [2.75, 3.05) is 7.11 Å². The highest BCUT2D eigenvalue weighted by Crippen LogP contribution is 2.34. The van der Waals surface area contributed by atoms with Crippen LogP contribution in [0.1, 0.15) is 33.7 Å². The number of fused-ring (bicyclic) bond motifs is 1. The Morgan fingerprint density at radius 1 is 1.21 bits per heavy atom. The molecule has 3 aromatic rings. The summed E-state index contributed by atoms with van der Waals surface area (Å²) in [4.78, 5) is 14.8. The van der Waals surface area contributed by atoms with Gasteiger partial charge in [0.2, 0.25) is 0 Å².